The molecule has 3 rings (SSSR count). The van der Waals surface area contributed by atoms with Crippen LogP contribution in [0.25, 0.3) is 10.9 Å². The number of rotatable bonds is 2. The first-order chi connectivity index (χ1) is 9.58. The van der Waals surface area contributed by atoms with Crippen LogP contribution in [0.3, 0.4) is 0 Å². The molecule has 3 aromatic rings. The molecule has 0 radical (unpaired) electrons. The number of nitrogens with zero attached hydrogens (tertiary/aromatic N) is 2. The fraction of sp³-hybridized carbons (Fsp3) is 0.188. The molecule has 4 heteroatoms. The quantitative estimate of drug-likeness (QED) is 0.777. The predicted octanol–water partition coefficient (Wildman–Crippen LogP) is 3.07. The van der Waals surface area contributed by atoms with Crippen LogP contribution >= 0.6 is 0 Å². The molecule has 0 saturated heterocycles. The van der Waals surface area contributed by atoms with E-state index in [-0.39, 0.29) is 11.9 Å². The highest BCUT2D eigenvalue weighted by atomic mass is 19.1. The van der Waals surface area contributed by atoms with E-state index in [2.05, 4.69) is 5.10 Å². The Kier molecular flexibility index (Phi) is 3.03. The van der Waals surface area contributed by atoms with Gasteiger partial charge >= 0.3 is 0 Å². The van der Waals surface area contributed by atoms with Gasteiger partial charge in [0, 0.05) is 12.4 Å². The fourth-order valence-corrected chi connectivity index (χ4v) is 2.49. The predicted molar refractivity (Wildman–Crippen MR) is 77.9 cm³/mol. The highest BCUT2D eigenvalue weighted by Crippen LogP contribution is 2.27. The summed E-state index contributed by atoms with van der Waals surface area (Å²) in [5.41, 5.74) is 9.63. The first-order valence-corrected chi connectivity index (χ1v) is 6.51. The maximum Gasteiger partial charge on any atom is 0.126 e. The van der Waals surface area contributed by atoms with Gasteiger partial charge in [0.1, 0.15) is 5.82 Å². The maximum atomic E-state index is 13.4. The van der Waals surface area contributed by atoms with E-state index in [9.17, 15) is 4.39 Å². The molecule has 1 aromatic heterocycles. The van der Waals surface area contributed by atoms with Crippen LogP contribution in [0.1, 0.15) is 22.9 Å². The molecule has 0 saturated carbocycles. The number of hydrogen-bond acceptors (Lipinski definition) is 2. The first kappa shape index (κ1) is 12.8. The Balaban J connectivity index is 2.12. The summed E-state index contributed by atoms with van der Waals surface area (Å²) in [6.45, 7) is 1.74. The lowest BCUT2D eigenvalue weighted by atomic mass is 10.00. The minimum atomic E-state index is -0.361. The normalized spacial score (nSPS) is 12.8. The second-order valence-electron chi connectivity index (χ2n) is 5.01. The van der Waals surface area contributed by atoms with Gasteiger partial charge in [0.2, 0.25) is 0 Å². The Bertz CT molecular complexity index is 776. The molecule has 1 heterocycles. The zero-order valence-electron chi connectivity index (χ0n) is 11.5. The first-order valence-electron chi connectivity index (χ1n) is 6.51. The highest BCUT2D eigenvalue weighted by molar-refractivity contribution is 5.82. The van der Waals surface area contributed by atoms with Crippen LogP contribution in [0.15, 0.2) is 42.5 Å². The summed E-state index contributed by atoms with van der Waals surface area (Å²) in [6.07, 6.45) is 0. The minimum Gasteiger partial charge on any atom is -0.319 e. The third-order valence-electron chi connectivity index (χ3n) is 3.62. The Morgan fingerprint density at radius 3 is 2.70 bits per heavy atom. The average Bonchev–Trinajstić information content (AvgIpc) is 2.79. The molecule has 3 nitrogen and oxygen atoms in total. The van der Waals surface area contributed by atoms with E-state index < -0.39 is 0 Å². The molecule has 1 unspecified atom stereocenters. The van der Waals surface area contributed by atoms with Gasteiger partial charge in [0.05, 0.1) is 17.3 Å². The van der Waals surface area contributed by atoms with Crippen LogP contribution in [-0.4, -0.2) is 9.78 Å². The number of aromatic nitrogens is 2. The largest absolute Gasteiger partial charge is 0.319 e. The summed E-state index contributed by atoms with van der Waals surface area (Å²) in [7, 11) is 1.90. The molecular formula is C16H16FN3. The van der Waals surface area contributed by atoms with E-state index in [0.717, 1.165) is 22.2 Å². The van der Waals surface area contributed by atoms with E-state index >= 15 is 0 Å². The summed E-state index contributed by atoms with van der Waals surface area (Å²) in [4.78, 5) is 0. The molecule has 0 bridgehead atoms. The van der Waals surface area contributed by atoms with Crippen molar-refractivity contribution in [3.8, 4) is 0 Å². The summed E-state index contributed by atoms with van der Waals surface area (Å²) in [6, 6.07) is 12.6. The fourth-order valence-electron chi connectivity index (χ4n) is 2.49. The summed E-state index contributed by atoms with van der Waals surface area (Å²) < 4.78 is 15.2. The molecule has 1 atom stereocenters. The third kappa shape index (κ3) is 1.98. The minimum absolute atomic E-state index is 0.216. The third-order valence-corrected chi connectivity index (χ3v) is 3.62. The van der Waals surface area contributed by atoms with Crippen molar-refractivity contribution >= 4 is 10.9 Å². The molecular weight excluding hydrogens is 253 g/mol. The number of aryl methyl sites for hydroxylation is 2. The number of para-hydroxylation sites is 1. The Hall–Kier alpha value is -2.20. The van der Waals surface area contributed by atoms with E-state index in [1.54, 1.807) is 19.1 Å². The molecule has 20 heavy (non-hydrogen) atoms. The van der Waals surface area contributed by atoms with Crippen molar-refractivity contribution in [2.24, 2.45) is 12.8 Å². The van der Waals surface area contributed by atoms with Crippen molar-refractivity contribution in [1.29, 1.82) is 0 Å². The average molecular weight is 269 g/mol. The van der Waals surface area contributed by atoms with Crippen LogP contribution < -0.4 is 5.73 Å². The van der Waals surface area contributed by atoms with Crippen LogP contribution in [-0.2, 0) is 7.05 Å². The topological polar surface area (TPSA) is 43.8 Å². The van der Waals surface area contributed by atoms with E-state index in [1.807, 2.05) is 36.0 Å². The van der Waals surface area contributed by atoms with Gasteiger partial charge in [-0.05, 0) is 30.2 Å². The van der Waals surface area contributed by atoms with Crippen molar-refractivity contribution in [1.82, 2.24) is 9.78 Å². The van der Waals surface area contributed by atoms with Crippen molar-refractivity contribution in [3.63, 3.8) is 0 Å². The summed E-state index contributed by atoms with van der Waals surface area (Å²) >= 11 is 0. The Labute approximate surface area is 116 Å². The van der Waals surface area contributed by atoms with Gasteiger partial charge in [-0.1, -0.05) is 30.3 Å². The van der Waals surface area contributed by atoms with Gasteiger partial charge in [0.15, 0.2) is 0 Å². The Morgan fingerprint density at radius 1 is 1.20 bits per heavy atom. The standard InChI is InChI=1S/C16H16FN3/c1-10-9-11(7-8-13(10)17)15(18)16-12-5-3-4-6-14(12)20(2)19-16/h3-9,15H,18H2,1-2H3. The number of benzene rings is 2. The van der Waals surface area contributed by atoms with Gasteiger partial charge in [0.25, 0.3) is 0 Å². The molecule has 0 spiro atoms. The van der Waals surface area contributed by atoms with Gasteiger partial charge in [-0.15, -0.1) is 0 Å². The lowest BCUT2D eigenvalue weighted by Gasteiger charge is -2.11. The van der Waals surface area contributed by atoms with Gasteiger partial charge in [-0.25, -0.2) is 4.39 Å². The molecule has 2 N–H and O–H groups in total. The zero-order chi connectivity index (χ0) is 14.3. The molecule has 0 aliphatic heterocycles. The number of hydrogen-bond donors (Lipinski definition) is 1. The smallest absolute Gasteiger partial charge is 0.126 e. The van der Waals surface area contributed by atoms with Crippen LogP contribution in [0.5, 0.6) is 0 Å². The SMILES string of the molecule is Cc1cc(C(N)c2nn(C)c3ccccc23)ccc1F. The van der Waals surface area contributed by atoms with Crippen LogP contribution in [0.2, 0.25) is 0 Å². The number of fused-ring (bicyclic) bond motifs is 1. The molecule has 0 aliphatic rings. The summed E-state index contributed by atoms with van der Waals surface area (Å²) in [5, 5.41) is 5.55. The molecule has 0 amide bonds. The number of nitrogens with two attached hydrogens (primary N) is 1. The van der Waals surface area contributed by atoms with E-state index in [1.165, 1.54) is 6.07 Å². The van der Waals surface area contributed by atoms with Gasteiger partial charge < -0.3 is 5.73 Å². The monoisotopic (exact) mass is 269 g/mol. The summed E-state index contributed by atoms with van der Waals surface area (Å²) in [5.74, 6) is -0.216. The van der Waals surface area contributed by atoms with Crippen molar-refractivity contribution in [2.75, 3.05) is 0 Å². The van der Waals surface area contributed by atoms with Gasteiger partial charge in [-0.3, -0.25) is 4.68 Å². The van der Waals surface area contributed by atoms with Gasteiger partial charge in [-0.2, -0.15) is 5.10 Å². The van der Waals surface area contributed by atoms with E-state index in [4.69, 9.17) is 5.73 Å². The lowest BCUT2D eigenvalue weighted by molar-refractivity contribution is 0.616. The molecule has 0 fully saturated rings. The maximum absolute atomic E-state index is 13.4. The molecule has 102 valence electrons. The molecule has 0 aliphatic carbocycles. The second-order valence-corrected chi connectivity index (χ2v) is 5.01. The number of halogens is 1. The van der Waals surface area contributed by atoms with Crippen molar-refractivity contribution < 1.29 is 4.39 Å². The van der Waals surface area contributed by atoms with Crippen molar-refractivity contribution in [3.05, 3.63) is 65.1 Å². The Morgan fingerprint density at radius 2 is 1.95 bits per heavy atom. The molecule has 2 aromatic carbocycles. The zero-order valence-corrected chi connectivity index (χ0v) is 11.5. The van der Waals surface area contributed by atoms with Crippen molar-refractivity contribution in [2.45, 2.75) is 13.0 Å². The van der Waals surface area contributed by atoms with E-state index in [0.29, 0.717) is 5.56 Å². The lowest BCUT2D eigenvalue weighted by Crippen LogP contribution is -2.13. The van der Waals surface area contributed by atoms with Crippen LogP contribution in [0.4, 0.5) is 4.39 Å². The second kappa shape index (κ2) is 4.72. The van der Waals surface area contributed by atoms with Crippen LogP contribution in [0, 0.1) is 12.7 Å². The highest BCUT2D eigenvalue weighted by Gasteiger charge is 2.17.